The zero-order valence-corrected chi connectivity index (χ0v) is 19.3. The lowest BCUT2D eigenvalue weighted by Gasteiger charge is -2.29. The molecular weight excluding hydrogens is 466 g/mol. The highest BCUT2D eigenvalue weighted by atomic mass is 32.2. The van der Waals surface area contributed by atoms with Gasteiger partial charge in [-0.25, -0.2) is 18.5 Å². The van der Waals surface area contributed by atoms with Gasteiger partial charge in [0, 0.05) is 18.1 Å². The molecule has 0 aliphatic carbocycles. The summed E-state index contributed by atoms with van der Waals surface area (Å²) in [4.78, 5) is 23.1. The van der Waals surface area contributed by atoms with Crippen LogP contribution < -0.4 is 20.1 Å². The second-order valence-electron chi connectivity index (χ2n) is 7.90. The summed E-state index contributed by atoms with van der Waals surface area (Å²) < 4.78 is 28.6. The molecular formula is C25H21N5O4S. The van der Waals surface area contributed by atoms with Crippen LogP contribution >= 0.6 is 0 Å². The number of nitrogens with two attached hydrogens (primary N) is 1. The minimum Gasteiger partial charge on any atom is -0.482 e. The van der Waals surface area contributed by atoms with Crippen LogP contribution in [0.1, 0.15) is 5.69 Å². The number of carbonyl (C=O) groups excluding carboxylic acids is 1. The molecule has 0 radical (unpaired) electrons. The number of nitrogens with one attached hydrogen (secondary N) is 1. The number of fused-ring (bicyclic) bond motifs is 1. The Balaban J connectivity index is 1.42. The fourth-order valence-corrected chi connectivity index (χ4v) is 4.28. The molecule has 10 heteroatoms. The van der Waals surface area contributed by atoms with Crippen LogP contribution in [0.25, 0.3) is 11.1 Å². The minimum atomic E-state index is -3.76. The Bertz CT molecular complexity index is 1490. The van der Waals surface area contributed by atoms with Crippen molar-refractivity contribution in [1.29, 1.82) is 0 Å². The summed E-state index contributed by atoms with van der Waals surface area (Å²) in [5.74, 6) is 1.06. The predicted molar refractivity (Wildman–Crippen MR) is 132 cm³/mol. The molecule has 0 saturated carbocycles. The molecule has 0 spiro atoms. The molecule has 1 aliphatic rings. The van der Waals surface area contributed by atoms with Crippen LogP contribution in [0.15, 0.2) is 90.1 Å². The van der Waals surface area contributed by atoms with Crippen LogP contribution in [-0.4, -0.2) is 30.9 Å². The van der Waals surface area contributed by atoms with Gasteiger partial charge in [-0.3, -0.25) is 14.7 Å². The van der Waals surface area contributed by atoms with E-state index in [4.69, 9.17) is 9.88 Å². The Morgan fingerprint density at radius 1 is 0.943 bits per heavy atom. The van der Waals surface area contributed by atoms with Gasteiger partial charge in [-0.05, 0) is 71.8 Å². The van der Waals surface area contributed by atoms with Crippen molar-refractivity contribution < 1.29 is 17.9 Å². The third-order valence-corrected chi connectivity index (χ3v) is 6.43. The van der Waals surface area contributed by atoms with Gasteiger partial charge in [0.05, 0.1) is 22.8 Å². The van der Waals surface area contributed by atoms with Gasteiger partial charge in [0.2, 0.25) is 10.0 Å². The quantitative estimate of drug-likeness (QED) is 0.426. The SMILES string of the molecule is NS(=O)(=O)c1ccc(Nc2cc(-c3ccc4c(c3)N(Cc3ccccn3)C(=O)CO4)ccn2)cc1. The van der Waals surface area contributed by atoms with Crippen molar-refractivity contribution in [3.05, 3.63) is 90.9 Å². The smallest absolute Gasteiger partial charge is 0.265 e. The summed E-state index contributed by atoms with van der Waals surface area (Å²) in [6.45, 7) is 0.323. The van der Waals surface area contributed by atoms with E-state index in [0.717, 1.165) is 16.8 Å². The summed E-state index contributed by atoms with van der Waals surface area (Å²) >= 11 is 0. The molecule has 5 rings (SSSR count). The largest absolute Gasteiger partial charge is 0.482 e. The molecule has 2 aromatic heterocycles. The van der Waals surface area contributed by atoms with Gasteiger partial charge in [0.1, 0.15) is 11.6 Å². The molecule has 35 heavy (non-hydrogen) atoms. The average molecular weight is 488 g/mol. The van der Waals surface area contributed by atoms with Crippen molar-refractivity contribution >= 4 is 33.1 Å². The van der Waals surface area contributed by atoms with Gasteiger partial charge in [0.15, 0.2) is 6.61 Å². The molecule has 9 nitrogen and oxygen atoms in total. The number of nitrogens with zero attached hydrogens (tertiary/aromatic N) is 3. The number of primary sulfonamides is 1. The zero-order chi connectivity index (χ0) is 24.4. The zero-order valence-electron chi connectivity index (χ0n) is 18.5. The maximum atomic E-state index is 12.7. The summed E-state index contributed by atoms with van der Waals surface area (Å²) in [6, 6.07) is 21.1. The molecule has 0 fully saturated rings. The van der Waals surface area contributed by atoms with Crippen LogP contribution in [0.4, 0.5) is 17.2 Å². The summed E-state index contributed by atoms with van der Waals surface area (Å²) in [5.41, 5.74) is 3.87. The second kappa shape index (κ2) is 9.16. The number of sulfonamides is 1. The minimum absolute atomic E-state index is 0.0211. The molecule has 1 aliphatic heterocycles. The molecule has 0 bridgehead atoms. The Kier molecular flexibility index (Phi) is 5.89. The molecule has 3 N–H and O–H groups in total. The van der Waals surface area contributed by atoms with E-state index in [2.05, 4.69) is 15.3 Å². The first-order valence-electron chi connectivity index (χ1n) is 10.7. The van der Waals surface area contributed by atoms with Gasteiger partial charge in [-0.15, -0.1) is 0 Å². The van der Waals surface area contributed by atoms with Crippen molar-refractivity contribution in [2.75, 3.05) is 16.8 Å². The third kappa shape index (κ3) is 4.98. The molecule has 4 aromatic rings. The number of ether oxygens (including phenoxy) is 1. The predicted octanol–water partition coefficient (Wildman–Crippen LogP) is 3.46. The van der Waals surface area contributed by atoms with E-state index >= 15 is 0 Å². The first-order valence-corrected chi connectivity index (χ1v) is 12.2. The number of hydrogen-bond acceptors (Lipinski definition) is 7. The van der Waals surface area contributed by atoms with E-state index in [1.807, 2.05) is 48.5 Å². The number of rotatable bonds is 6. The number of benzene rings is 2. The van der Waals surface area contributed by atoms with Crippen LogP contribution in [0.3, 0.4) is 0 Å². The van der Waals surface area contributed by atoms with Crippen molar-refractivity contribution in [3.63, 3.8) is 0 Å². The average Bonchev–Trinajstić information content (AvgIpc) is 2.86. The van der Waals surface area contributed by atoms with Crippen molar-refractivity contribution in [3.8, 4) is 16.9 Å². The summed E-state index contributed by atoms with van der Waals surface area (Å²) in [5, 5.41) is 8.32. The molecule has 2 aromatic carbocycles. The van der Waals surface area contributed by atoms with E-state index in [1.165, 1.54) is 12.1 Å². The summed E-state index contributed by atoms with van der Waals surface area (Å²) in [6.07, 6.45) is 3.37. The lowest BCUT2D eigenvalue weighted by atomic mass is 10.0. The highest BCUT2D eigenvalue weighted by Crippen LogP contribution is 2.37. The molecule has 0 atom stereocenters. The van der Waals surface area contributed by atoms with Gasteiger partial charge in [-0.2, -0.15) is 0 Å². The molecule has 176 valence electrons. The number of carbonyl (C=O) groups is 1. The van der Waals surface area contributed by atoms with Crippen LogP contribution in [-0.2, 0) is 21.4 Å². The molecule has 3 heterocycles. The number of anilines is 3. The molecule has 0 saturated heterocycles. The number of amides is 1. The van der Waals surface area contributed by atoms with E-state index in [1.54, 1.807) is 29.4 Å². The van der Waals surface area contributed by atoms with Crippen molar-refractivity contribution in [2.24, 2.45) is 5.14 Å². The Labute approximate surface area is 202 Å². The number of pyridine rings is 2. The second-order valence-corrected chi connectivity index (χ2v) is 9.46. The van der Waals surface area contributed by atoms with Crippen LogP contribution in [0.5, 0.6) is 5.75 Å². The summed E-state index contributed by atoms with van der Waals surface area (Å²) in [7, 11) is -3.76. The normalized spacial score (nSPS) is 13.2. The topological polar surface area (TPSA) is 128 Å². The van der Waals surface area contributed by atoms with Crippen LogP contribution in [0.2, 0.25) is 0 Å². The van der Waals surface area contributed by atoms with Crippen molar-refractivity contribution in [1.82, 2.24) is 9.97 Å². The molecule has 0 unspecified atom stereocenters. The van der Waals surface area contributed by atoms with Crippen LogP contribution in [0, 0.1) is 0 Å². The maximum Gasteiger partial charge on any atom is 0.265 e. The van der Waals surface area contributed by atoms with Gasteiger partial charge >= 0.3 is 0 Å². The van der Waals surface area contributed by atoms with Gasteiger partial charge < -0.3 is 10.1 Å². The number of aromatic nitrogens is 2. The lowest BCUT2D eigenvalue weighted by Crippen LogP contribution is -2.38. The van der Waals surface area contributed by atoms with Crippen molar-refractivity contribution in [2.45, 2.75) is 11.4 Å². The fourth-order valence-electron chi connectivity index (χ4n) is 3.76. The highest BCUT2D eigenvalue weighted by Gasteiger charge is 2.26. The highest BCUT2D eigenvalue weighted by molar-refractivity contribution is 7.89. The van der Waals surface area contributed by atoms with Gasteiger partial charge in [-0.1, -0.05) is 12.1 Å². The lowest BCUT2D eigenvalue weighted by molar-refractivity contribution is -0.121. The van der Waals surface area contributed by atoms with E-state index in [9.17, 15) is 13.2 Å². The standard InChI is InChI=1S/C25H21N5O4S/c26-35(32,33)21-7-5-19(6-8-21)29-24-14-18(10-12-28-24)17-4-9-23-22(13-17)30(25(31)16-34-23)15-20-3-1-2-11-27-20/h1-14H,15-16H2,(H,28,29)(H2,26,32,33). The first-order chi connectivity index (χ1) is 16.9. The Hall–Kier alpha value is -4.28. The van der Waals surface area contributed by atoms with E-state index in [0.29, 0.717) is 29.5 Å². The first kappa shape index (κ1) is 22.5. The third-order valence-electron chi connectivity index (χ3n) is 5.50. The Morgan fingerprint density at radius 3 is 2.49 bits per heavy atom. The van der Waals surface area contributed by atoms with E-state index < -0.39 is 10.0 Å². The van der Waals surface area contributed by atoms with Gasteiger partial charge in [0.25, 0.3) is 5.91 Å². The Morgan fingerprint density at radius 2 is 1.74 bits per heavy atom. The fraction of sp³-hybridized carbons (Fsp3) is 0.0800. The maximum absolute atomic E-state index is 12.7. The van der Waals surface area contributed by atoms with E-state index in [-0.39, 0.29) is 17.4 Å². The monoisotopic (exact) mass is 487 g/mol. The number of hydrogen-bond donors (Lipinski definition) is 2. The molecule has 1 amide bonds.